The Hall–Kier alpha value is -0.520. The lowest BCUT2D eigenvalue weighted by Crippen LogP contribution is -2.16. The summed E-state index contributed by atoms with van der Waals surface area (Å²) in [6.45, 7) is 13.1. The van der Waals surface area contributed by atoms with E-state index in [0.29, 0.717) is 5.41 Å². The van der Waals surface area contributed by atoms with Gasteiger partial charge in [-0.1, -0.05) is 32.9 Å². The fraction of sp³-hybridized carbons (Fsp3) is 0.714. The molecule has 14 heavy (non-hydrogen) atoms. The molecule has 3 unspecified atom stereocenters. The first kappa shape index (κ1) is 11.6. The zero-order valence-corrected chi connectivity index (χ0v) is 9.92. The highest BCUT2D eigenvalue weighted by molar-refractivity contribution is 5.10. The van der Waals surface area contributed by atoms with Crippen LogP contribution in [0, 0.1) is 23.2 Å². The largest absolute Gasteiger partial charge is 0.106 e. The molecule has 0 heteroatoms. The van der Waals surface area contributed by atoms with E-state index in [1.807, 2.05) is 0 Å². The molecular weight excluding hydrogens is 168 g/mol. The van der Waals surface area contributed by atoms with Gasteiger partial charge in [-0.05, 0) is 42.4 Å². The van der Waals surface area contributed by atoms with Gasteiger partial charge < -0.3 is 0 Å². The highest BCUT2D eigenvalue weighted by atomic mass is 14.4. The number of hydrogen-bond acceptors (Lipinski definition) is 0. The molecule has 2 aliphatic carbocycles. The van der Waals surface area contributed by atoms with Crippen molar-refractivity contribution in [2.24, 2.45) is 23.2 Å². The van der Waals surface area contributed by atoms with Crippen molar-refractivity contribution in [1.82, 2.24) is 0 Å². The standard InChI is InChI=1S/C12H20.C2H4/c1-12(2,3)8-11-7-9-4-5-10(11)6-9;1-2/h4-5,9-11H,6-8H2,1-3H3;1-2H2. The summed E-state index contributed by atoms with van der Waals surface area (Å²) in [6.07, 6.45) is 9.24. The minimum Gasteiger partial charge on any atom is -0.106 e. The van der Waals surface area contributed by atoms with E-state index in [9.17, 15) is 0 Å². The van der Waals surface area contributed by atoms with Crippen LogP contribution < -0.4 is 0 Å². The molecule has 2 aliphatic rings. The van der Waals surface area contributed by atoms with Gasteiger partial charge in [0.1, 0.15) is 0 Å². The number of rotatable bonds is 1. The Bertz CT molecular complexity index is 207. The predicted molar refractivity (Wildman–Crippen MR) is 64.2 cm³/mol. The van der Waals surface area contributed by atoms with Crippen LogP contribution in [0.5, 0.6) is 0 Å². The van der Waals surface area contributed by atoms with Gasteiger partial charge in [-0.3, -0.25) is 0 Å². The summed E-state index contributed by atoms with van der Waals surface area (Å²) in [7, 11) is 0. The van der Waals surface area contributed by atoms with Crippen LogP contribution in [0.2, 0.25) is 0 Å². The van der Waals surface area contributed by atoms with Gasteiger partial charge in [0.15, 0.2) is 0 Å². The van der Waals surface area contributed by atoms with Crippen molar-refractivity contribution in [3.63, 3.8) is 0 Å². The third kappa shape index (κ3) is 2.73. The summed E-state index contributed by atoms with van der Waals surface area (Å²) in [5.74, 6) is 2.89. The molecule has 0 aromatic heterocycles. The normalized spacial score (nSPS) is 34.1. The molecule has 0 spiro atoms. The van der Waals surface area contributed by atoms with Gasteiger partial charge in [-0.25, -0.2) is 0 Å². The first-order chi connectivity index (χ1) is 6.54. The zero-order valence-electron chi connectivity index (χ0n) is 9.92. The number of allylic oxidation sites excluding steroid dienone is 2. The van der Waals surface area contributed by atoms with Crippen LogP contribution in [0.25, 0.3) is 0 Å². The van der Waals surface area contributed by atoms with E-state index in [1.54, 1.807) is 0 Å². The maximum absolute atomic E-state index is 3.00. The minimum absolute atomic E-state index is 0.531. The second kappa shape index (κ2) is 4.33. The Morgan fingerprint density at radius 3 is 2.14 bits per heavy atom. The smallest absolute Gasteiger partial charge is 0.0199 e. The Kier molecular flexibility index (Phi) is 3.58. The van der Waals surface area contributed by atoms with Crippen molar-refractivity contribution in [1.29, 1.82) is 0 Å². The fourth-order valence-corrected chi connectivity index (χ4v) is 2.92. The average Bonchev–Trinajstić information content (AvgIpc) is 2.65. The van der Waals surface area contributed by atoms with Crippen LogP contribution in [-0.4, -0.2) is 0 Å². The Labute approximate surface area is 89.1 Å². The third-order valence-electron chi connectivity index (χ3n) is 3.29. The van der Waals surface area contributed by atoms with E-state index in [4.69, 9.17) is 0 Å². The zero-order chi connectivity index (χ0) is 10.8. The van der Waals surface area contributed by atoms with Gasteiger partial charge in [-0.2, -0.15) is 0 Å². The Balaban J connectivity index is 0.000000461. The predicted octanol–water partition coefficient (Wildman–Crippen LogP) is 4.44. The van der Waals surface area contributed by atoms with Crippen LogP contribution >= 0.6 is 0 Å². The Morgan fingerprint density at radius 2 is 1.79 bits per heavy atom. The lowest BCUT2D eigenvalue weighted by Gasteiger charge is -2.26. The van der Waals surface area contributed by atoms with Crippen molar-refractivity contribution < 1.29 is 0 Å². The van der Waals surface area contributed by atoms with Crippen molar-refractivity contribution in [3.05, 3.63) is 25.3 Å². The summed E-state index contributed by atoms with van der Waals surface area (Å²) in [5.41, 5.74) is 0.531. The quantitative estimate of drug-likeness (QED) is 0.539. The highest BCUT2D eigenvalue weighted by Crippen LogP contribution is 2.47. The highest BCUT2D eigenvalue weighted by Gasteiger charge is 2.37. The molecule has 1 fully saturated rings. The van der Waals surface area contributed by atoms with Gasteiger partial charge in [0.25, 0.3) is 0 Å². The molecule has 0 N–H and O–H groups in total. The first-order valence-electron chi connectivity index (χ1n) is 5.73. The van der Waals surface area contributed by atoms with Crippen molar-refractivity contribution in [3.8, 4) is 0 Å². The summed E-state index contributed by atoms with van der Waals surface area (Å²) < 4.78 is 0. The van der Waals surface area contributed by atoms with E-state index in [2.05, 4.69) is 46.1 Å². The van der Waals surface area contributed by atoms with Gasteiger partial charge in [0.05, 0.1) is 0 Å². The maximum atomic E-state index is 3.00. The summed E-state index contributed by atoms with van der Waals surface area (Å²) in [4.78, 5) is 0. The summed E-state index contributed by atoms with van der Waals surface area (Å²) in [6, 6.07) is 0. The second-order valence-electron chi connectivity index (χ2n) is 5.81. The lowest BCUT2D eigenvalue weighted by molar-refractivity contribution is 0.266. The molecule has 0 aromatic rings. The van der Waals surface area contributed by atoms with E-state index in [0.717, 1.165) is 17.8 Å². The molecule has 80 valence electrons. The molecule has 3 atom stereocenters. The molecule has 2 bridgehead atoms. The van der Waals surface area contributed by atoms with E-state index in [1.165, 1.54) is 19.3 Å². The maximum Gasteiger partial charge on any atom is -0.0199 e. The van der Waals surface area contributed by atoms with E-state index < -0.39 is 0 Å². The molecule has 0 amide bonds. The number of fused-ring (bicyclic) bond motifs is 2. The SMILES string of the molecule is C=C.CC(C)(C)CC1CC2C=CC1C2. The molecular formula is C14H24. The topological polar surface area (TPSA) is 0 Å². The molecule has 0 radical (unpaired) electrons. The van der Waals surface area contributed by atoms with Crippen LogP contribution in [0.3, 0.4) is 0 Å². The van der Waals surface area contributed by atoms with Crippen LogP contribution in [0.15, 0.2) is 25.3 Å². The minimum atomic E-state index is 0.531. The molecule has 0 heterocycles. The molecule has 0 saturated heterocycles. The average molecular weight is 192 g/mol. The fourth-order valence-electron chi connectivity index (χ4n) is 2.92. The number of hydrogen-bond donors (Lipinski definition) is 0. The molecule has 0 aliphatic heterocycles. The van der Waals surface area contributed by atoms with Gasteiger partial charge in [0.2, 0.25) is 0 Å². The Morgan fingerprint density at radius 1 is 1.14 bits per heavy atom. The monoisotopic (exact) mass is 192 g/mol. The van der Waals surface area contributed by atoms with Crippen molar-refractivity contribution >= 4 is 0 Å². The first-order valence-corrected chi connectivity index (χ1v) is 5.73. The van der Waals surface area contributed by atoms with Crippen LogP contribution in [-0.2, 0) is 0 Å². The van der Waals surface area contributed by atoms with Gasteiger partial charge in [-0.15, -0.1) is 13.2 Å². The van der Waals surface area contributed by atoms with Gasteiger partial charge >= 0.3 is 0 Å². The summed E-state index contributed by atoms with van der Waals surface area (Å²) in [5, 5.41) is 0. The van der Waals surface area contributed by atoms with Crippen molar-refractivity contribution in [2.75, 3.05) is 0 Å². The molecule has 1 saturated carbocycles. The van der Waals surface area contributed by atoms with E-state index >= 15 is 0 Å². The second-order valence-corrected chi connectivity index (χ2v) is 5.81. The van der Waals surface area contributed by atoms with Crippen molar-refractivity contribution in [2.45, 2.75) is 40.0 Å². The lowest BCUT2D eigenvalue weighted by atomic mass is 9.79. The van der Waals surface area contributed by atoms with E-state index in [-0.39, 0.29) is 0 Å². The molecule has 0 nitrogen and oxygen atoms in total. The summed E-state index contributed by atoms with van der Waals surface area (Å²) >= 11 is 0. The van der Waals surface area contributed by atoms with Crippen LogP contribution in [0.4, 0.5) is 0 Å². The molecule has 2 rings (SSSR count). The third-order valence-corrected chi connectivity index (χ3v) is 3.29. The molecule has 0 aromatic carbocycles. The van der Waals surface area contributed by atoms with Gasteiger partial charge in [0, 0.05) is 0 Å². The van der Waals surface area contributed by atoms with Crippen LogP contribution in [0.1, 0.15) is 40.0 Å².